The van der Waals surface area contributed by atoms with Crippen LogP contribution in [0.25, 0.3) is 0 Å². The first kappa shape index (κ1) is 14.6. The third-order valence-electron chi connectivity index (χ3n) is 2.23. The number of ether oxygens (including phenoxy) is 1. The molecule has 1 aromatic carbocycles. The molecule has 0 spiro atoms. The molecule has 1 aromatic rings. The molecule has 0 aromatic heterocycles. The zero-order chi connectivity index (χ0) is 13.8. The highest BCUT2D eigenvalue weighted by molar-refractivity contribution is 7.90. The van der Waals surface area contributed by atoms with Gasteiger partial charge in [-0.15, -0.1) is 0 Å². The second kappa shape index (κ2) is 5.92. The van der Waals surface area contributed by atoms with Gasteiger partial charge in [-0.2, -0.15) is 0 Å². The lowest BCUT2D eigenvalue weighted by Crippen LogP contribution is -2.13. The van der Waals surface area contributed by atoms with Gasteiger partial charge in [-0.25, -0.2) is 17.6 Å². The normalized spacial score (nSPS) is 11.3. The average Bonchev–Trinajstić information content (AvgIpc) is 2.27. The molecule has 1 rings (SSSR count). The van der Waals surface area contributed by atoms with E-state index in [0.29, 0.717) is 0 Å². The number of esters is 1. The number of aliphatic hydroxyl groups excluding tert-OH is 1. The van der Waals surface area contributed by atoms with Gasteiger partial charge in [0, 0.05) is 0 Å². The fourth-order valence-electron chi connectivity index (χ4n) is 1.39. The van der Waals surface area contributed by atoms with Crippen LogP contribution in [0.5, 0.6) is 0 Å². The first-order valence-electron chi connectivity index (χ1n) is 5.07. The molecule has 0 amide bonds. The van der Waals surface area contributed by atoms with Crippen LogP contribution in [-0.4, -0.2) is 39.0 Å². The van der Waals surface area contributed by atoms with E-state index < -0.39 is 28.2 Å². The summed E-state index contributed by atoms with van der Waals surface area (Å²) in [4.78, 5) is 11.1. The summed E-state index contributed by atoms with van der Waals surface area (Å²) in [5.41, 5.74) is -0.0330. The predicted molar refractivity (Wildman–Crippen MR) is 62.3 cm³/mol. The summed E-state index contributed by atoms with van der Waals surface area (Å²) in [6, 6.07) is 3.48. The zero-order valence-corrected chi connectivity index (χ0v) is 10.5. The lowest BCUT2D eigenvalue weighted by Gasteiger charge is -2.05. The van der Waals surface area contributed by atoms with Crippen LogP contribution in [0.3, 0.4) is 0 Å². The highest BCUT2D eigenvalue weighted by Gasteiger charge is 2.16. The number of carbonyl (C=O) groups is 1. The van der Waals surface area contributed by atoms with E-state index in [1.807, 2.05) is 0 Å². The molecule has 18 heavy (non-hydrogen) atoms. The van der Waals surface area contributed by atoms with Crippen LogP contribution in [0, 0.1) is 5.82 Å². The zero-order valence-electron chi connectivity index (χ0n) is 9.72. The van der Waals surface area contributed by atoms with Crippen LogP contribution in [0.15, 0.2) is 18.2 Å². The minimum atomic E-state index is -3.47. The smallest absolute Gasteiger partial charge is 0.340 e. The van der Waals surface area contributed by atoms with Gasteiger partial charge < -0.3 is 9.84 Å². The van der Waals surface area contributed by atoms with E-state index in [2.05, 4.69) is 4.74 Å². The summed E-state index contributed by atoms with van der Waals surface area (Å²) in [6.07, 6.45) is 0. The van der Waals surface area contributed by atoms with Crippen molar-refractivity contribution < 1.29 is 27.4 Å². The molecule has 0 unspecified atom stereocenters. The summed E-state index contributed by atoms with van der Waals surface area (Å²) in [5.74, 6) is -2.42. The van der Waals surface area contributed by atoms with Crippen molar-refractivity contribution in [2.45, 2.75) is 5.75 Å². The largest absolute Gasteiger partial charge is 0.465 e. The second-order valence-corrected chi connectivity index (χ2v) is 5.81. The SMILES string of the molecule is COC(=O)c1ccc(CS(=O)(=O)CCO)cc1F. The highest BCUT2D eigenvalue weighted by atomic mass is 32.2. The molecule has 0 radical (unpaired) electrons. The maximum Gasteiger partial charge on any atom is 0.340 e. The average molecular weight is 276 g/mol. The van der Waals surface area contributed by atoms with Crippen molar-refractivity contribution in [3.05, 3.63) is 35.1 Å². The maximum absolute atomic E-state index is 13.5. The van der Waals surface area contributed by atoms with Gasteiger partial charge >= 0.3 is 5.97 Å². The highest BCUT2D eigenvalue weighted by Crippen LogP contribution is 2.14. The minimum Gasteiger partial charge on any atom is -0.465 e. The number of hydrogen-bond donors (Lipinski definition) is 1. The Bertz CT molecular complexity index is 538. The van der Waals surface area contributed by atoms with Gasteiger partial charge in [0.2, 0.25) is 0 Å². The Labute approximate surface area is 104 Å². The van der Waals surface area contributed by atoms with Gasteiger partial charge in [-0.1, -0.05) is 6.07 Å². The molecule has 0 fully saturated rings. The molecule has 0 aliphatic rings. The standard InChI is InChI=1S/C11H13FO5S/c1-17-11(14)9-3-2-8(6-10(9)12)7-18(15,16)5-4-13/h2-3,6,13H,4-5,7H2,1H3. The van der Waals surface area contributed by atoms with E-state index in [0.717, 1.165) is 13.2 Å². The summed E-state index contributed by atoms with van der Waals surface area (Å²) < 4.78 is 40.7. The summed E-state index contributed by atoms with van der Waals surface area (Å²) in [6.45, 7) is -0.481. The molecule has 0 aliphatic carbocycles. The minimum absolute atomic E-state index is 0.216. The first-order chi connectivity index (χ1) is 8.39. The number of benzene rings is 1. The number of aliphatic hydroxyl groups is 1. The fraction of sp³-hybridized carbons (Fsp3) is 0.364. The maximum atomic E-state index is 13.5. The Kier molecular flexibility index (Phi) is 4.80. The quantitative estimate of drug-likeness (QED) is 0.793. The Morgan fingerprint density at radius 1 is 1.44 bits per heavy atom. The van der Waals surface area contributed by atoms with Crippen LogP contribution in [0.2, 0.25) is 0 Å². The topological polar surface area (TPSA) is 80.7 Å². The molecular weight excluding hydrogens is 263 g/mol. The number of rotatable bonds is 5. The lowest BCUT2D eigenvalue weighted by molar-refractivity contribution is 0.0595. The molecule has 1 N–H and O–H groups in total. The van der Waals surface area contributed by atoms with Gasteiger partial charge in [-0.05, 0) is 17.7 Å². The Morgan fingerprint density at radius 2 is 2.11 bits per heavy atom. The van der Waals surface area contributed by atoms with Crippen LogP contribution in [-0.2, 0) is 20.3 Å². The van der Waals surface area contributed by atoms with Gasteiger partial charge in [0.05, 0.1) is 30.8 Å². The van der Waals surface area contributed by atoms with Crippen molar-refractivity contribution in [2.24, 2.45) is 0 Å². The first-order valence-corrected chi connectivity index (χ1v) is 6.90. The Balaban J connectivity index is 2.95. The summed E-state index contributed by atoms with van der Waals surface area (Å²) in [7, 11) is -2.35. The number of hydrogen-bond acceptors (Lipinski definition) is 5. The molecule has 0 aliphatic heterocycles. The van der Waals surface area contributed by atoms with E-state index in [4.69, 9.17) is 5.11 Å². The lowest BCUT2D eigenvalue weighted by atomic mass is 10.1. The van der Waals surface area contributed by atoms with E-state index >= 15 is 0 Å². The van der Waals surface area contributed by atoms with Gasteiger partial charge in [0.1, 0.15) is 5.82 Å². The second-order valence-electron chi connectivity index (χ2n) is 3.62. The summed E-state index contributed by atoms with van der Waals surface area (Å²) >= 11 is 0. The van der Waals surface area contributed by atoms with Crippen molar-refractivity contribution in [1.29, 1.82) is 0 Å². The van der Waals surface area contributed by atoms with E-state index in [-0.39, 0.29) is 22.6 Å². The van der Waals surface area contributed by atoms with Crippen molar-refractivity contribution in [3.8, 4) is 0 Å². The summed E-state index contributed by atoms with van der Waals surface area (Å²) in [5, 5.41) is 8.57. The fourth-order valence-corrected chi connectivity index (χ4v) is 2.50. The van der Waals surface area contributed by atoms with Crippen LogP contribution in [0.4, 0.5) is 4.39 Å². The Morgan fingerprint density at radius 3 is 2.61 bits per heavy atom. The molecule has 7 heteroatoms. The van der Waals surface area contributed by atoms with Crippen molar-refractivity contribution >= 4 is 15.8 Å². The van der Waals surface area contributed by atoms with Crippen molar-refractivity contribution in [3.63, 3.8) is 0 Å². The van der Waals surface area contributed by atoms with E-state index in [1.165, 1.54) is 12.1 Å². The molecular formula is C11H13FO5S. The molecule has 0 heterocycles. The van der Waals surface area contributed by atoms with Gasteiger partial charge in [0.25, 0.3) is 0 Å². The molecule has 0 saturated carbocycles. The monoisotopic (exact) mass is 276 g/mol. The van der Waals surface area contributed by atoms with E-state index in [1.54, 1.807) is 0 Å². The van der Waals surface area contributed by atoms with Crippen LogP contribution in [0.1, 0.15) is 15.9 Å². The van der Waals surface area contributed by atoms with Gasteiger partial charge in [-0.3, -0.25) is 0 Å². The van der Waals surface area contributed by atoms with Crippen molar-refractivity contribution in [2.75, 3.05) is 19.5 Å². The van der Waals surface area contributed by atoms with Crippen LogP contribution < -0.4 is 0 Å². The number of carbonyl (C=O) groups excluding carboxylic acids is 1. The molecule has 0 atom stereocenters. The molecule has 0 bridgehead atoms. The van der Waals surface area contributed by atoms with Crippen LogP contribution >= 0.6 is 0 Å². The van der Waals surface area contributed by atoms with E-state index in [9.17, 15) is 17.6 Å². The molecule has 100 valence electrons. The number of sulfone groups is 1. The molecule has 0 saturated heterocycles. The van der Waals surface area contributed by atoms with Gasteiger partial charge in [0.15, 0.2) is 9.84 Å². The third kappa shape index (κ3) is 3.78. The third-order valence-corrected chi connectivity index (χ3v) is 3.81. The number of methoxy groups -OCH3 is 1. The predicted octanol–water partition coefficient (Wildman–Crippen LogP) is 0.519. The van der Waals surface area contributed by atoms with Crippen molar-refractivity contribution in [1.82, 2.24) is 0 Å². The molecule has 5 nitrogen and oxygen atoms in total. The Hall–Kier alpha value is -1.47. The number of halogens is 1.